The van der Waals surface area contributed by atoms with Crippen LogP contribution in [0.5, 0.6) is 11.5 Å². The SMILES string of the molecule is CC(C)C(O)CCNC(=O)c1ccc(Oc2ccncc2)c(Cl)c1. The summed E-state index contributed by atoms with van der Waals surface area (Å²) in [5.74, 6) is 1.02. The van der Waals surface area contributed by atoms with Crippen LogP contribution in [0, 0.1) is 5.92 Å². The van der Waals surface area contributed by atoms with Gasteiger partial charge in [0, 0.05) is 24.5 Å². The first-order chi connectivity index (χ1) is 11.5. The Morgan fingerprint density at radius 2 is 2.00 bits per heavy atom. The van der Waals surface area contributed by atoms with E-state index in [0.717, 1.165) is 0 Å². The van der Waals surface area contributed by atoms with E-state index in [1.807, 2.05) is 13.8 Å². The lowest BCUT2D eigenvalue weighted by Gasteiger charge is -2.14. The van der Waals surface area contributed by atoms with Crippen molar-refractivity contribution >= 4 is 17.5 Å². The highest BCUT2D eigenvalue weighted by atomic mass is 35.5. The standard InChI is InChI=1S/C18H21ClN2O3/c1-12(2)16(22)7-10-21-18(23)13-3-4-17(15(19)11-13)24-14-5-8-20-9-6-14/h3-6,8-9,11-12,16,22H,7,10H2,1-2H3,(H,21,23). The smallest absolute Gasteiger partial charge is 0.251 e. The molecule has 1 amide bonds. The predicted octanol–water partition coefficient (Wildman–Crippen LogP) is 3.66. The van der Waals surface area contributed by atoms with E-state index in [0.29, 0.717) is 35.1 Å². The molecule has 1 aromatic heterocycles. The van der Waals surface area contributed by atoms with Crippen LogP contribution in [0.25, 0.3) is 0 Å². The Hall–Kier alpha value is -2.11. The molecule has 0 spiro atoms. The molecule has 5 nitrogen and oxygen atoms in total. The van der Waals surface area contributed by atoms with Crippen molar-refractivity contribution in [1.82, 2.24) is 10.3 Å². The first kappa shape index (κ1) is 18.2. The van der Waals surface area contributed by atoms with Gasteiger partial charge in [-0.3, -0.25) is 9.78 Å². The Balaban J connectivity index is 1.95. The summed E-state index contributed by atoms with van der Waals surface area (Å²) in [6, 6.07) is 8.30. The molecule has 2 N–H and O–H groups in total. The van der Waals surface area contributed by atoms with Crippen LogP contribution < -0.4 is 10.1 Å². The molecule has 0 aliphatic rings. The lowest BCUT2D eigenvalue weighted by atomic mass is 10.0. The molecular formula is C18H21ClN2O3. The van der Waals surface area contributed by atoms with Gasteiger partial charge in [0.2, 0.25) is 0 Å². The number of carbonyl (C=O) groups excluding carboxylic acids is 1. The van der Waals surface area contributed by atoms with Gasteiger partial charge in [-0.1, -0.05) is 25.4 Å². The second-order valence-corrected chi connectivity index (χ2v) is 6.19. The largest absolute Gasteiger partial charge is 0.456 e. The summed E-state index contributed by atoms with van der Waals surface area (Å²) in [6.45, 7) is 4.28. The topological polar surface area (TPSA) is 71.5 Å². The van der Waals surface area contributed by atoms with E-state index < -0.39 is 6.10 Å². The van der Waals surface area contributed by atoms with Crippen LogP contribution in [-0.4, -0.2) is 28.6 Å². The van der Waals surface area contributed by atoms with Crippen LogP contribution in [0.4, 0.5) is 0 Å². The van der Waals surface area contributed by atoms with Gasteiger partial charge in [-0.05, 0) is 42.7 Å². The van der Waals surface area contributed by atoms with Gasteiger partial charge < -0.3 is 15.2 Å². The third-order valence-corrected chi connectivity index (χ3v) is 3.86. The summed E-state index contributed by atoms with van der Waals surface area (Å²) in [4.78, 5) is 16.0. The highest BCUT2D eigenvalue weighted by Crippen LogP contribution is 2.29. The number of aliphatic hydroxyl groups excluding tert-OH is 1. The van der Waals surface area contributed by atoms with Gasteiger partial charge in [0.1, 0.15) is 11.5 Å². The minimum absolute atomic E-state index is 0.168. The molecule has 6 heteroatoms. The van der Waals surface area contributed by atoms with E-state index >= 15 is 0 Å². The second kappa shape index (κ2) is 8.66. The van der Waals surface area contributed by atoms with Gasteiger partial charge in [-0.15, -0.1) is 0 Å². The number of ether oxygens (including phenoxy) is 1. The molecular weight excluding hydrogens is 328 g/mol. The van der Waals surface area contributed by atoms with Crippen molar-refractivity contribution in [2.75, 3.05) is 6.54 Å². The van der Waals surface area contributed by atoms with Crippen molar-refractivity contribution in [3.8, 4) is 11.5 Å². The molecule has 128 valence electrons. The molecule has 1 aromatic carbocycles. The Labute approximate surface area is 146 Å². The predicted molar refractivity (Wildman–Crippen MR) is 93.6 cm³/mol. The minimum Gasteiger partial charge on any atom is -0.456 e. The van der Waals surface area contributed by atoms with Crippen LogP contribution in [-0.2, 0) is 0 Å². The molecule has 0 aliphatic carbocycles. The monoisotopic (exact) mass is 348 g/mol. The van der Waals surface area contributed by atoms with Crippen molar-refractivity contribution < 1.29 is 14.6 Å². The Morgan fingerprint density at radius 3 is 2.62 bits per heavy atom. The van der Waals surface area contributed by atoms with Gasteiger partial charge >= 0.3 is 0 Å². The molecule has 1 atom stereocenters. The molecule has 0 saturated carbocycles. The van der Waals surface area contributed by atoms with E-state index in [9.17, 15) is 9.90 Å². The van der Waals surface area contributed by atoms with Gasteiger partial charge in [0.05, 0.1) is 11.1 Å². The van der Waals surface area contributed by atoms with Crippen LogP contribution in [0.1, 0.15) is 30.6 Å². The lowest BCUT2D eigenvalue weighted by Crippen LogP contribution is -2.28. The van der Waals surface area contributed by atoms with Gasteiger partial charge in [-0.25, -0.2) is 0 Å². The maximum Gasteiger partial charge on any atom is 0.251 e. The number of hydrogen-bond donors (Lipinski definition) is 2. The number of amides is 1. The first-order valence-corrected chi connectivity index (χ1v) is 8.19. The van der Waals surface area contributed by atoms with Crippen molar-refractivity contribution in [1.29, 1.82) is 0 Å². The molecule has 0 aliphatic heterocycles. The van der Waals surface area contributed by atoms with Gasteiger partial charge in [-0.2, -0.15) is 0 Å². The quantitative estimate of drug-likeness (QED) is 0.801. The number of nitrogens with one attached hydrogen (secondary N) is 1. The summed E-state index contributed by atoms with van der Waals surface area (Å²) in [5.41, 5.74) is 0.445. The molecule has 1 unspecified atom stereocenters. The third-order valence-electron chi connectivity index (χ3n) is 3.57. The number of rotatable bonds is 7. The zero-order chi connectivity index (χ0) is 17.5. The maximum atomic E-state index is 12.1. The number of aliphatic hydroxyl groups is 1. The van der Waals surface area contributed by atoms with E-state index in [4.69, 9.17) is 16.3 Å². The fourth-order valence-electron chi connectivity index (χ4n) is 2.03. The molecule has 0 saturated heterocycles. The number of benzene rings is 1. The molecule has 24 heavy (non-hydrogen) atoms. The van der Waals surface area contributed by atoms with E-state index in [-0.39, 0.29) is 11.8 Å². The highest BCUT2D eigenvalue weighted by molar-refractivity contribution is 6.32. The molecule has 2 rings (SSSR count). The average Bonchev–Trinajstić information content (AvgIpc) is 2.57. The van der Waals surface area contributed by atoms with Gasteiger partial charge in [0.25, 0.3) is 5.91 Å². The van der Waals surface area contributed by atoms with E-state index in [1.165, 1.54) is 0 Å². The first-order valence-electron chi connectivity index (χ1n) is 7.81. The van der Waals surface area contributed by atoms with Crippen molar-refractivity contribution in [2.45, 2.75) is 26.4 Å². The molecule has 0 bridgehead atoms. The van der Waals surface area contributed by atoms with E-state index in [2.05, 4.69) is 10.3 Å². The van der Waals surface area contributed by atoms with Gasteiger partial charge in [0.15, 0.2) is 0 Å². The highest BCUT2D eigenvalue weighted by Gasteiger charge is 2.12. The van der Waals surface area contributed by atoms with E-state index in [1.54, 1.807) is 42.7 Å². The van der Waals surface area contributed by atoms with Crippen molar-refractivity contribution in [2.24, 2.45) is 5.92 Å². The fraction of sp³-hybridized carbons (Fsp3) is 0.333. The number of nitrogens with zero attached hydrogens (tertiary/aromatic N) is 1. The molecule has 0 fully saturated rings. The minimum atomic E-state index is -0.426. The number of hydrogen-bond acceptors (Lipinski definition) is 4. The number of carbonyl (C=O) groups is 1. The van der Waals surface area contributed by atoms with Crippen LogP contribution >= 0.6 is 11.6 Å². The fourth-order valence-corrected chi connectivity index (χ4v) is 2.25. The average molecular weight is 349 g/mol. The Bertz CT molecular complexity index is 677. The summed E-state index contributed by atoms with van der Waals surface area (Å²) in [7, 11) is 0. The second-order valence-electron chi connectivity index (χ2n) is 5.79. The summed E-state index contributed by atoms with van der Waals surface area (Å²) < 4.78 is 5.65. The van der Waals surface area contributed by atoms with Crippen molar-refractivity contribution in [3.63, 3.8) is 0 Å². The summed E-state index contributed by atoms with van der Waals surface area (Å²) in [6.07, 6.45) is 3.33. The number of pyridine rings is 1. The van der Waals surface area contributed by atoms with Crippen LogP contribution in [0.3, 0.4) is 0 Å². The van der Waals surface area contributed by atoms with Crippen LogP contribution in [0.2, 0.25) is 5.02 Å². The molecule has 1 heterocycles. The van der Waals surface area contributed by atoms with Crippen LogP contribution in [0.15, 0.2) is 42.7 Å². The summed E-state index contributed by atoms with van der Waals surface area (Å²) in [5, 5.41) is 12.9. The maximum absolute atomic E-state index is 12.1. The zero-order valence-electron chi connectivity index (χ0n) is 13.7. The molecule has 0 radical (unpaired) electrons. The number of halogens is 1. The Morgan fingerprint density at radius 1 is 1.29 bits per heavy atom. The Kier molecular flexibility index (Phi) is 6.58. The summed E-state index contributed by atoms with van der Waals surface area (Å²) >= 11 is 6.19. The zero-order valence-corrected chi connectivity index (χ0v) is 14.5. The molecule has 2 aromatic rings. The van der Waals surface area contributed by atoms with Crippen molar-refractivity contribution in [3.05, 3.63) is 53.3 Å². The number of aromatic nitrogens is 1. The lowest BCUT2D eigenvalue weighted by molar-refractivity contribution is 0.0920. The third kappa shape index (κ3) is 5.22. The normalized spacial score (nSPS) is 12.0.